The number of benzene rings is 1. The van der Waals surface area contributed by atoms with Crippen LogP contribution in [0.25, 0.3) is 22.6 Å². The van der Waals surface area contributed by atoms with Crippen LogP contribution in [0.2, 0.25) is 5.28 Å². The van der Waals surface area contributed by atoms with E-state index < -0.39 is 24.6 Å². The molecule has 0 fully saturated rings. The predicted octanol–water partition coefficient (Wildman–Crippen LogP) is 5.97. The zero-order chi connectivity index (χ0) is 25.5. The predicted molar refractivity (Wildman–Crippen MR) is 117 cm³/mol. The SMILES string of the molecule is CC(C)n1cc(C(F)(F)F)nc1-c1ccc(Cn2c(NCC(F)(F)F)nc3cnc(Cl)nc32)cc1. The number of hydrogen-bond acceptors (Lipinski definition) is 5. The molecule has 0 atom stereocenters. The molecular formula is C21H18ClF6N7. The number of rotatable bonds is 6. The van der Waals surface area contributed by atoms with E-state index in [-0.39, 0.29) is 40.8 Å². The fourth-order valence-corrected chi connectivity index (χ4v) is 3.57. The van der Waals surface area contributed by atoms with Gasteiger partial charge in [0.2, 0.25) is 11.2 Å². The molecule has 14 heteroatoms. The van der Waals surface area contributed by atoms with Crippen LogP contribution in [-0.4, -0.2) is 41.8 Å². The first-order chi connectivity index (χ1) is 16.3. The Hall–Kier alpha value is -3.35. The van der Waals surface area contributed by atoms with E-state index in [1.165, 1.54) is 15.3 Å². The maximum Gasteiger partial charge on any atom is 0.434 e. The Morgan fingerprint density at radius 2 is 1.69 bits per heavy atom. The second-order valence-corrected chi connectivity index (χ2v) is 8.32. The number of nitrogens with zero attached hydrogens (tertiary/aromatic N) is 6. The van der Waals surface area contributed by atoms with E-state index in [1.807, 2.05) is 0 Å². The van der Waals surface area contributed by atoms with Crippen molar-refractivity contribution in [3.8, 4) is 11.4 Å². The van der Waals surface area contributed by atoms with E-state index in [0.717, 1.165) is 6.20 Å². The maximum absolute atomic E-state index is 13.2. The molecule has 186 valence electrons. The molecule has 0 amide bonds. The van der Waals surface area contributed by atoms with Crippen LogP contribution in [0, 0.1) is 0 Å². The summed E-state index contributed by atoms with van der Waals surface area (Å²) in [6.07, 6.45) is -6.79. The Kier molecular flexibility index (Phi) is 6.38. The zero-order valence-electron chi connectivity index (χ0n) is 18.3. The van der Waals surface area contributed by atoms with Crippen LogP contribution in [0.3, 0.4) is 0 Å². The molecular weight excluding hydrogens is 500 g/mol. The molecule has 0 aliphatic carbocycles. The topological polar surface area (TPSA) is 73.5 Å². The lowest BCUT2D eigenvalue weighted by molar-refractivity contribution is -0.140. The van der Waals surface area contributed by atoms with Crippen molar-refractivity contribution in [2.45, 2.75) is 38.8 Å². The molecule has 7 nitrogen and oxygen atoms in total. The van der Waals surface area contributed by atoms with Gasteiger partial charge >= 0.3 is 12.4 Å². The Bertz CT molecular complexity index is 1340. The highest BCUT2D eigenvalue weighted by Gasteiger charge is 2.35. The van der Waals surface area contributed by atoms with Crippen molar-refractivity contribution in [3.63, 3.8) is 0 Å². The van der Waals surface area contributed by atoms with Gasteiger partial charge in [-0.3, -0.25) is 4.57 Å². The minimum Gasteiger partial charge on any atom is -0.346 e. The number of aromatic nitrogens is 6. The van der Waals surface area contributed by atoms with Gasteiger partial charge in [0.15, 0.2) is 11.3 Å². The van der Waals surface area contributed by atoms with E-state index in [1.54, 1.807) is 38.1 Å². The van der Waals surface area contributed by atoms with Crippen molar-refractivity contribution in [1.82, 2.24) is 29.1 Å². The smallest absolute Gasteiger partial charge is 0.346 e. The second-order valence-electron chi connectivity index (χ2n) is 7.98. The van der Waals surface area contributed by atoms with Crippen LogP contribution in [0.4, 0.5) is 32.3 Å². The molecule has 3 aromatic heterocycles. The summed E-state index contributed by atoms with van der Waals surface area (Å²) >= 11 is 5.86. The van der Waals surface area contributed by atoms with Crippen LogP contribution in [0.15, 0.2) is 36.7 Å². The molecule has 0 bridgehead atoms. The van der Waals surface area contributed by atoms with Gasteiger partial charge in [0, 0.05) is 17.8 Å². The maximum atomic E-state index is 13.2. The quantitative estimate of drug-likeness (QED) is 0.252. The van der Waals surface area contributed by atoms with Crippen molar-refractivity contribution < 1.29 is 26.3 Å². The highest BCUT2D eigenvalue weighted by Crippen LogP contribution is 2.33. The van der Waals surface area contributed by atoms with Crippen molar-refractivity contribution in [3.05, 3.63) is 53.2 Å². The summed E-state index contributed by atoms with van der Waals surface area (Å²) in [6, 6.07) is 6.22. The monoisotopic (exact) mass is 517 g/mol. The molecule has 4 aromatic rings. The molecule has 1 aromatic carbocycles. The Balaban J connectivity index is 1.67. The fourth-order valence-electron chi connectivity index (χ4n) is 3.44. The van der Waals surface area contributed by atoms with Gasteiger partial charge in [-0.1, -0.05) is 24.3 Å². The van der Waals surface area contributed by atoms with Crippen molar-refractivity contribution in [1.29, 1.82) is 0 Å². The summed E-state index contributed by atoms with van der Waals surface area (Å²) in [4.78, 5) is 15.8. The third-order valence-corrected chi connectivity index (χ3v) is 5.22. The normalized spacial score (nSPS) is 12.6. The van der Waals surface area contributed by atoms with Gasteiger partial charge in [-0.25, -0.2) is 15.0 Å². The average Bonchev–Trinajstić information content (AvgIpc) is 3.35. The first-order valence-electron chi connectivity index (χ1n) is 10.3. The molecule has 0 spiro atoms. The third-order valence-electron chi connectivity index (χ3n) is 5.04. The number of fused-ring (bicyclic) bond motifs is 1. The third kappa shape index (κ3) is 5.50. The number of imidazole rings is 2. The summed E-state index contributed by atoms with van der Waals surface area (Å²) < 4.78 is 80.7. The summed E-state index contributed by atoms with van der Waals surface area (Å²) in [6.45, 7) is 2.24. The number of nitrogens with one attached hydrogen (secondary N) is 1. The Morgan fingerprint density at radius 1 is 1.00 bits per heavy atom. The number of anilines is 1. The first-order valence-corrected chi connectivity index (χ1v) is 10.6. The molecule has 0 aliphatic rings. The summed E-state index contributed by atoms with van der Waals surface area (Å²) in [5.74, 6) is 0.0714. The van der Waals surface area contributed by atoms with Crippen LogP contribution in [0.1, 0.15) is 31.1 Å². The fraction of sp³-hybridized carbons (Fsp3) is 0.333. The van der Waals surface area contributed by atoms with Crippen molar-refractivity contribution in [2.24, 2.45) is 0 Å². The van der Waals surface area contributed by atoms with Gasteiger partial charge in [0.1, 0.15) is 17.9 Å². The van der Waals surface area contributed by atoms with E-state index >= 15 is 0 Å². The van der Waals surface area contributed by atoms with Gasteiger partial charge in [0.05, 0.1) is 12.7 Å². The van der Waals surface area contributed by atoms with Gasteiger partial charge in [0.25, 0.3) is 0 Å². The van der Waals surface area contributed by atoms with Gasteiger partial charge < -0.3 is 9.88 Å². The van der Waals surface area contributed by atoms with Gasteiger partial charge in [-0.15, -0.1) is 0 Å². The van der Waals surface area contributed by atoms with E-state index in [2.05, 4.69) is 25.3 Å². The second kappa shape index (κ2) is 9.02. The molecule has 0 unspecified atom stereocenters. The minimum atomic E-state index is -4.58. The zero-order valence-corrected chi connectivity index (χ0v) is 19.0. The van der Waals surface area contributed by atoms with Gasteiger partial charge in [-0.05, 0) is 31.0 Å². The van der Waals surface area contributed by atoms with E-state index in [4.69, 9.17) is 11.6 Å². The number of halogens is 7. The average molecular weight is 518 g/mol. The molecule has 0 radical (unpaired) electrons. The van der Waals surface area contributed by atoms with Crippen LogP contribution < -0.4 is 5.32 Å². The van der Waals surface area contributed by atoms with Crippen molar-refractivity contribution >= 4 is 28.7 Å². The van der Waals surface area contributed by atoms with E-state index in [9.17, 15) is 26.3 Å². The summed E-state index contributed by atoms with van der Waals surface area (Å²) in [7, 11) is 0. The summed E-state index contributed by atoms with van der Waals surface area (Å²) in [5.41, 5.74) is 0.566. The first kappa shape index (κ1) is 24.8. The largest absolute Gasteiger partial charge is 0.434 e. The lowest BCUT2D eigenvalue weighted by Gasteiger charge is -2.13. The highest BCUT2D eigenvalue weighted by molar-refractivity contribution is 6.28. The van der Waals surface area contributed by atoms with Crippen LogP contribution >= 0.6 is 11.6 Å². The van der Waals surface area contributed by atoms with Gasteiger partial charge in [-0.2, -0.15) is 31.3 Å². The lowest BCUT2D eigenvalue weighted by atomic mass is 10.1. The molecule has 35 heavy (non-hydrogen) atoms. The highest BCUT2D eigenvalue weighted by atomic mass is 35.5. The molecule has 0 saturated heterocycles. The molecule has 3 heterocycles. The standard InChI is InChI=1S/C21H18ClF6N7/c1-11(2)34-9-15(21(26,27)28)32-16(34)13-5-3-12(4-6-13)8-35-17-14(7-29-18(22)33-17)31-19(35)30-10-20(23,24)25/h3-7,9,11H,8,10H2,1-2H3,(H,30,31). The molecule has 4 rings (SSSR count). The Labute approximate surface area is 199 Å². The molecule has 1 N–H and O–H groups in total. The van der Waals surface area contributed by atoms with Crippen molar-refractivity contribution in [2.75, 3.05) is 11.9 Å². The molecule has 0 saturated carbocycles. The lowest BCUT2D eigenvalue weighted by Crippen LogP contribution is -2.23. The summed E-state index contributed by atoms with van der Waals surface area (Å²) in [5, 5.41) is 2.15. The van der Waals surface area contributed by atoms with Crippen LogP contribution in [0.5, 0.6) is 0 Å². The number of hydrogen-bond donors (Lipinski definition) is 1. The Morgan fingerprint density at radius 3 is 2.29 bits per heavy atom. The van der Waals surface area contributed by atoms with Crippen LogP contribution in [-0.2, 0) is 12.7 Å². The van der Waals surface area contributed by atoms with E-state index in [0.29, 0.717) is 11.1 Å². The molecule has 0 aliphatic heterocycles. The number of alkyl halides is 6. The minimum absolute atomic E-state index is 0.0662.